The van der Waals surface area contributed by atoms with E-state index in [9.17, 15) is 4.79 Å². The predicted molar refractivity (Wildman–Crippen MR) is 60.8 cm³/mol. The van der Waals surface area contributed by atoms with E-state index in [1.807, 2.05) is 6.08 Å². The Morgan fingerprint density at radius 3 is 2.13 bits per heavy atom. The Labute approximate surface area is 91.6 Å². The highest BCUT2D eigenvalue weighted by molar-refractivity contribution is 5.79. The topological polar surface area (TPSA) is 49.3 Å². The number of nitrogens with one attached hydrogen (secondary N) is 1. The second-order valence-corrected chi connectivity index (χ2v) is 5.76. The van der Waals surface area contributed by atoms with Crippen LogP contribution in [0.15, 0.2) is 12.2 Å². The molecule has 0 aromatic heterocycles. The van der Waals surface area contributed by atoms with Crippen LogP contribution in [-0.2, 0) is 4.79 Å². The number of carbonyl (C=O) groups is 1. The molecule has 0 bridgehead atoms. The molecule has 1 aliphatic rings. The third-order valence-corrected chi connectivity index (χ3v) is 2.73. The molecular weight excluding hydrogens is 190 g/mol. The van der Waals surface area contributed by atoms with Gasteiger partial charge in [-0.3, -0.25) is 0 Å². The SMILES string of the molecule is CC1(C)CC(C=CC(=O)O)CC(C)(C)N1. The lowest BCUT2D eigenvalue weighted by molar-refractivity contribution is -0.131. The van der Waals surface area contributed by atoms with Gasteiger partial charge in [0, 0.05) is 17.2 Å². The van der Waals surface area contributed by atoms with Crippen LogP contribution in [0, 0.1) is 5.92 Å². The molecule has 0 atom stereocenters. The van der Waals surface area contributed by atoms with Crippen LogP contribution >= 0.6 is 0 Å². The molecule has 15 heavy (non-hydrogen) atoms. The van der Waals surface area contributed by atoms with Gasteiger partial charge in [0.25, 0.3) is 0 Å². The fourth-order valence-corrected chi connectivity index (χ4v) is 2.76. The minimum Gasteiger partial charge on any atom is -0.478 e. The fraction of sp³-hybridized carbons (Fsp3) is 0.750. The first-order chi connectivity index (χ1) is 6.70. The zero-order valence-electron chi connectivity index (χ0n) is 10.0. The van der Waals surface area contributed by atoms with Crippen molar-refractivity contribution in [3.05, 3.63) is 12.2 Å². The molecule has 1 fully saturated rings. The Morgan fingerprint density at radius 1 is 1.27 bits per heavy atom. The molecule has 86 valence electrons. The van der Waals surface area contributed by atoms with Gasteiger partial charge in [0.15, 0.2) is 0 Å². The number of hydrogen-bond donors (Lipinski definition) is 2. The number of rotatable bonds is 2. The van der Waals surface area contributed by atoms with Crippen molar-refractivity contribution in [3.8, 4) is 0 Å². The Morgan fingerprint density at radius 2 is 1.73 bits per heavy atom. The normalized spacial score (nSPS) is 25.6. The first-order valence-electron chi connectivity index (χ1n) is 5.41. The Bertz CT molecular complexity index is 263. The van der Waals surface area contributed by atoms with Crippen molar-refractivity contribution in [2.75, 3.05) is 0 Å². The summed E-state index contributed by atoms with van der Waals surface area (Å²) >= 11 is 0. The lowest BCUT2D eigenvalue weighted by Gasteiger charge is -2.45. The van der Waals surface area contributed by atoms with Crippen LogP contribution in [0.3, 0.4) is 0 Å². The summed E-state index contributed by atoms with van der Waals surface area (Å²) in [4.78, 5) is 10.5. The molecule has 1 rings (SSSR count). The zero-order chi connectivity index (χ0) is 11.7. The van der Waals surface area contributed by atoms with Gasteiger partial charge in [-0.1, -0.05) is 6.08 Å². The van der Waals surface area contributed by atoms with Crippen molar-refractivity contribution in [1.29, 1.82) is 0 Å². The molecule has 0 aromatic carbocycles. The minimum absolute atomic E-state index is 0.0786. The van der Waals surface area contributed by atoms with Gasteiger partial charge in [0.2, 0.25) is 0 Å². The molecular formula is C12H21NO2. The van der Waals surface area contributed by atoms with Crippen LogP contribution < -0.4 is 5.32 Å². The molecule has 1 heterocycles. The van der Waals surface area contributed by atoms with Crippen molar-refractivity contribution in [2.45, 2.75) is 51.6 Å². The van der Waals surface area contributed by atoms with Gasteiger partial charge < -0.3 is 10.4 Å². The molecule has 0 radical (unpaired) electrons. The van der Waals surface area contributed by atoms with Crippen LogP contribution in [0.2, 0.25) is 0 Å². The van der Waals surface area contributed by atoms with Gasteiger partial charge in [-0.15, -0.1) is 0 Å². The molecule has 0 spiro atoms. The average molecular weight is 211 g/mol. The summed E-state index contributed by atoms with van der Waals surface area (Å²) in [6.45, 7) is 8.65. The van der Waals surface area contributed by atoms with E-state index < -0.39 is 5.97 Å². The maximum Gasteiger partial charge on any atom is 0.327 e. The Kier molecular flexibility index (Phi) is 3.24. The first-order valence-corrected chi connectivity index (χ1v) is 5.41. The van der Waals surface area contributed by atoms with E-state index in [2.05, 4.69) is 33.0 Å². The molecule has 0 saturated carbocycles. The van der Waals surface area contributed by atoms with Crippen molar-refractivity contribution in [1.82, 2.24) is 5.32 Å². The van der Waals surface area contributed by atoms with Crippen LogP contribution in [-0.4, -0.2) is 22.2 Å². The van der Waals surface area contributed by atoms with Crippen LogP contribution in [0.5, 0.6) is 0 Å². The van der Waals surface area contributed by atoms with Gasteiger partial charge in [-0.25, -0.2) is 4.79 Å². The van der Waals surface area contributed by atoms with Crippen molar-refractivity contribution < 1.29 is 9.90 Å². The average Bonchev–Trinajstić information content (AvgIpc) is 1.94. The van der Waals surface area contributed by atoms with Crippen LogP contribution in [0.1, 0.15) is 40.5 Å². The lowest BCUT2D eigenvalue weighted by atomic mass is 9.76. The fourth-order valence-electron chi connectivity index (χ4n) is 2.76. The van der Waals surface area contributed by atoms with E-state index in [0.717, 1.165) is 12.8 Å². The van der Waals surface area contributed by atoms with Crippen LogP contribution in [0.25, 0.3) is 0 Å². The highest BCUT2D eigenvalue weighted by atomic mass is 16.4. The van der Waals surface area contributed by atoms with E-state index in [-0.39, 0.29) is 11.1 Å². The number of aliphatic carboxylic acids is 1. The van der Waals surface area contributed by atoms with Gasteiger partial charge in [0.1, 0.15) is 0 Å². The molecule has 2 N–H and O–H groups in total. The minimum atomic E-state index is -0.857. The van der Waals surface area contributed by atoms with Gasteiger partial charge in [-0.2, -0.15) is 0 Å². The molecule has 1 saturated heterocycles. The molecule has 3 heteroatoms. The van der Waals surface area contributed by atoms with E-state index in [1.165, 1.54) is 6.08 Å². The number of piperidine rings is 1. The largest absolute Gasteiger partial charge is 0.478 e. The summed E-state index contributed by atoms with van der Waals surface area (Å²) < 4.78 is 0. The lowest BCUT2D eigenvalue weighted by Crippen LogP contribution is -2.57. The molecule has 0 amide bonds. The Hall–Kier alpha value is -0.830. The summed E-state index contributed by atoms with van der Waals surface area (Å²) in [6, 6.07) is 0. The molecule has 0 unspecified atom stereocenters. The monoisotopic (exact) mass is 211 g/mol. The van der Waals surface area contributed by atoms with E-state index in [4.69, 9.17) is 5.11 Å². The molecule has 0 aromatic rings. The van der Waals surface area contributed by atoms with Crippen molar-refractivity contribution in [2.24, 2.45) is 5.92 Å². The smallest absolute Gasteiger partial charge is 0.327 e. The van der Waals surface area contributed by atoms with Crippen LogP contribution in [0.4, 0.5) is 0 Å². The summed E-state index contributed by atoms with van der Waals surface area (Å²) in [7, 11) is 0. The summed E-state index contributed by atoms with van der Waals surface area (Å²) in [5.74, 6) is -0.503. The van der Waals surface area contributed by atoms with Gasteiger partial charge >= 0.3 is 5.97 Å². The van der Waals surface area contributed by atoms with Crippen molar-refractivity contribution >= 4 is 5.97 Å². The van der Waals surface area contributed by atoms with E-state index in [0.29, 0.717) is 5.92 Å². The highest BCUT2D eigenvalue weighted by Crippen LogP contribution is 2.33. The standard InChI is InChI=1S/C12H21NO2/c1-11(2)7-9(5-6-10(14)15)8-12(3,4)13-11/h5-6,9,13H,7-8H2,1-4H3,(H,14,15). The first kappa shape index (κ1) is 12.2. The third-order valence-electron chi connectivity index (χ3n) is 2.73. The summed E-state index contributed by atoms with van der Waals surface area (Å²) in [6.07, 6.45) is 5.06. The number of hydrogen-bond acceptors (Lipinski definition) is 2. The maximum absolute atomic E-state index is 10.5. The Balaban J connectivity index is 2.71. The zero-order valence-corrected chi connectivity index (χ0v) is 10.0. The number of allylic oxidation sites excluding steroid dienone is 1. The third kappa shape index (κ3) is 4.04. The van der Waals surface area contributed by atoms with Gasteiger partial charge in [0.05, 0.1) is 0 Å². The maximum atomic E-state index is 10.5. The van der Waals surface area contributed by atoms with Crippen molar-refractivity contribution in [3.63, 3.8) is 0 Å². The predicted octanol–water partition coefficient (Wildman–Crippen LogP) is 2.18. The van der Waals surface area contributed by atoms with E-state index >= 15 is 0 Å². The summed E-state index contributed by atoms with van der Waals surface area (Å²) in [5, 5.41) is 12.2. The number of carboxylic acids is 1. The van der Waals surface area contributed by atoms with E-state index in [1.54, 1.807) is 0 Å². The second-order valence-electron chi connectivity index (χ2n) is 5.76. The molecule has 3 nitrogen and oxygen atoms in total. The molecule has 1 aliphatic heterocycles. The summed E-state index contributed by atoms with van der Waals surface area (Å²) in [5.41, 5.74) is 0.157. The molecule has 0 aliphatic carbocycles. The quantitative estimate of drug-likeness (QED) is 0.688. The second kappa shape index (κ2) is 3.97. The highest BCUT2D eigenvalue weighted by Gasteiger charge is 2.36. The number of carboxylic acid groups (broad SMARTS) is 1. The van der Waals surface area contributed by atoms with Gasteiger partial charge in [-0.05, 0) is 46.5 Å².